The molecule has 0 unspecified atom stereocenters. The second-order valence-electron chi connectivity index (χ2n) is 10.4. The van der Waals surface area contributed by atoms with Crippen molar-refractivity contribution in [3.8, 4) is 0 Å². The maximum Gasteiger partial charge on any atom is 0.419 e. The van der Waals surface area contributed by atoms with Crippen LogP contribution in [0.2, 0.25) is 0 Å². The number of aliphatic imine (C=N–C) groups is 1. The van der Waals surface area contributed by atoms with Gasteiger partial charge in [-0.15, -0.1) is 0 Å². The van der Waals surface area contributed by atoms with Gasteiger partial charge in [0.15, 0.2) is 0 Å². The average molecular weight is 593 g/mol. The summed E-state index contributed by atoms with van der Waals surface area (Å²) in [5.41, 5.74) is -1.43. The molecule has 2 fully saturated rings. The minimum Gasteiger partial charge on any atom is -0.339 e. The highest BCUT2D eigenvalue weighted by molar-refractivity contribution is 7.92. The topological polar surface area (TPSA) is 99.2 Å². The second kappa shape index (κ2) is 10.7. The normalized spacial score (nSPS) is 19.7. The minimum atomic E-state index is -4.92. The van der Waals surface area contributed by atoms with Gasteiger partial charge in [-0.25, -0.2) is 12.8 Å². The first-order valence-electron chi connectivity index (χ1n) is 13.2. The molecular weight excluding hydrogens is 564 g/mol. The van der Waals surface area contributed by atoms with Crippen LogP contribution in [0.15, 0.2) is 46.8 Å². The number of aryl methyl sites for hydroxylation is 1. The molecule has 2 aromatic carbocycles. The fourth-order valence-corrected chi connectivity index (χ4v) is 6.55. The highest BCUT2D eigenvalue weighted by Crippen LogP contribution is 2.35. The Kier molecular flexibility index (Phi) is 7.53. The molecule has 1 N–H and O–H groups in total. The summed E-state index contributed by atoms with van der Waals surface area (Å²) < 4.78 is 81.4. The zero-order valence-corrected chi connectivity index (χ0v) is 23.0. The van der Waals surface area contributed by atoms with Gasteiger partial charge in [0.05, 0.1) is 11.1 Å². The van der Waals surface area contributed by atoms with Crippen molar-refractivity contribution in [1.29, 1.82) is 0 Å². The summed E-state index contributed by atoms with van der Waals surface area (Å²) >= 11 is 0. The van der Waals surface area contributed by atoms with E-state index >= 15 is 0 Å². The van der Waals surface area contributed by atoms with E-state index in [9.17, 15) is 35.6 Å². The van der Waals surface area contributed by atoms with E-state index < -0.39 is 44.6 Å². The molecular formula is C28H28F4N4O4S. The smallest absolute Gasteiger partial charge is 0.339 e. The maximum atomic E-state index is 14.6. The van der Waals surface area contributed by atoms with Crippen LogP contribution >= 0.6 is 0 Å². The molecule has 0 atom stereocenters. The van der Waals surface area contributed by atoms with E-state index in [1.807, 2.05) is 0 Å². The molecule has 2 saturated heterocycles. The SMILES string of the molecule is Cc1cc(C(=O)N2CCCC2)ccc1/C=C/S(=O)(=O)N1CCC2(CC1)N=C(c1cccc(C(F)(F)F)c1F)NC2=O. The first kappa shape index (κ1) is 28.9. The van der Waals surface area contributed by atoms with E-state index in [2.05, 4.69) is 10.3 Å². The molecule has 41 heavy (non-hydrogen) atoms. The number of piperidine rings is 1. The molecule has 13 heteroatoms. The lowest BCUT2D eigenvalue weighted by Crippen LogP contribution is -2.50. The van der Waals surface area contributed by atoms with Gasteiger partial charge in [0.2, 0.25) is 10.0 Å². The van der Waals surface area contributed by atoms with Crippen LogP contribution < -0.4 is 5.32 Å². The molecule has 0 radical (unpaired) electrons. The minimum absolute atomic E-state index is 0.0255. The Balaban J connectivity index is 1.28. The van der Waals surface area contributed by atoms with Gasteiger partial charge in [0, 0.05) is 37.2 Å². The van der Waals surface area contributed by atoms with Crippen molar-refractivity contribution in [2.45, 2.75) is 44.3 Å². The predicted molar refractivity (Wildman–Crippen MR) is 144 cm³/mol. The number of hydrogen-bond acceptors (Lipinski definition) is 5. The number of carbonyl (C=O) groups excluding carboxylic acids is 2. The first-order chi connectivity index (χ1) is 19.3. The van der Waals surface area contributed by atoms with Crippen LogP contribution in [0.4, 0.5) is 17.6 Å². The standard InChI is InChI=1S/C28H28F4N4O4S/c1-18-17-20(25(37)35-12-2-3-13-35)8-7-19(18)9-16-41(39,40)36-14-10-27(11-15-36)26(38)33-24(34-27)21-5-4-6-22(23(21)29)28(30,31)32/h4-9,16-17H,2-3,10-15H2,1H3,(H,33,34,38)/b16-9+. The van der Waals surface area contributed by atoms with E-state index in [0.29, 0.717) is 17.2 Å². The van der Waals surface area contributed by atoms with Gasteiger partial charge in [-0.3, -0.25) is 14.6 Å². The highest BCUT2D eigenvalue weighted by atomic mass is 32.2. The van der Waals surface area contributed by atoms with Gasteiger partial charge in [-0.2, -0.15) is 17.5 Å². The first-order valence-corrected chi connectivity index (χ1v) is 14.7. The average Bonchev–Trinajstić information content (AvgIpc) is 3.56. The van der Waals surface area contributed by atoms with Gasteiger partial charge < -0.3 is 10.2 Å². The molecule has 5 rings (SSSR count). The molecule has 3 aliphatic rings. The number of halogens is 4. The van der Waals surface area contributed by atoms with Crippen LogP contribution in [0.3, 0.4) is 0 Å². The molecule has 2 amide bonds. The van der Waals surface area contributed by atoms with Gasteiger partial charge in [0.25, 0.3) is 11.8 Å². The Morgan fingerprint density at radius 2 is 1.76 bits per heavy atom. The third kappa shape index (κ3) is 5.65. The third-order valence-electron chi connectivity index (χ3n) is 7.78. The molecule has 1 spiro atoms. The van der Waals surface area contributed by atoms with Crippen LogP contribution in [0, 0.1) is 12.7 Å². The largest absolute Gasteiger partial charge is 0.419 e. The van der Waals surface area contributed by atoms with Crippen LogP contribution in [-0.4, -0.2) is 67.0 Å². The number of amides is 2. The Bertz CT molecular complexity index is 1560. The maximum absolute atomic E-state index is 14.6. The molecule has 218 valence electrons. The van der Waals surface area contributed by atoms with Crippen molar-refractivity contribution < 1.29 is 35.6 Å². The zero-order chi connectivity index (χ0) is 29.6. The van der Waals surface area contributed by atoms with Crippen LogP contribution in [0.1, 0.15) is 58.3 Å². The summed E-state index contributed by atoms with van der Waals surface area (Å²) in [6.45, 7) is 3.12. The summed E-state index contributed by atoms with van der Waals surface area (Å²) in [5, 5.41) is 3.45. The van der Waals surface area contributed by atoms with Crippen molar-refractivity contribution >= 4 is 33.7 Å². The number of carbonyl (C=O) groups is 2. The Labute approximate surface area is 234 Å². The number of sulfonamides is 1. The van der Waals surface area contributed by atoms with E-state index in [1.54, 1.807) is 30.0 Å². The van der Waals surface area contributed by atoms with Gasteiger partial charge in [-0.05, 0) is 74.1 Å². The second-order valence-corrected chi connectivity index (χ2v) is 12.2. The van der Waals surface area contributed by atoms with E-state index in [4.69, 9.17) is 0 Å². The quantitative estimate of drug-likeness (QED) is 0.529. The summed E-state index contributed by atoms with van der Waals surface area (Å²) in [5.74, 6) is -2.51. The lowest BCUT2D eigenvalue weighted by atomic mass is 9.89. The lowest BCUT2D eigenvalue weighted by Gasteiger charge is -2.34. The van der Waals surface area contributed by atoms with Crippen LogP contribution in [0.25, 0.3) is 6.08 Å². The number of rotatable bonds is 5. The van der Waals surface area contributed by atoms with Gasteiger partial charge >= 0.3 is 6.18 Å². The third-order valence-corrected chi connectivity index (χ3v) is 9.34. The fraction of sp³-hybridized carbons (Fsp3) is 0.393. The van der Waals surface area contributed by atoms with Crippen molar-refractivity contribution in [2.24, 2.45) is 4.99 Å². The summed E-state index contributed by atoms with van der Waals surface area (Å²) in [4.78, 5) is 31.5. The van der Waals surface area contributed by atoms with Crippen LogP contribution in [0.5, 0.6) is 0 Å². The Morgan fingerprint density at radius 3 is 2.39 bits per heavy atom. The molecule has 8 nitrogen and oxygen atoms in total. The summed E-state index contributed by atoms with van der Waals surface area (Å²) in [6.07, 6.45) is -1.56. The molecule has 3 heterocycles. The summed E-state index contributed by atoms with van der Waals surface area (Å²) in [6, 6.07) is 7.84. The van der Waals surface area contributed by atoms with Crippen LogP contribution in [-0.2, 0) is 21.0 Å². The van der Waals surface area contributed by atoms with Crippen molar-refractivity contribution in [2.75, 3.05) is 26.2 Å². The highest BCUT2D eigenvalue weighted by Gasteiger charge is 2.48. The predicted octanol–water partition coefficient (Wildman–Crippen LogP) is 4.10. The molecule has 3 aliphatic heterocycles. The van der Waals surface area contributed by atoms with Crippen molar-refractivity contribution in [3.05, 3.63) is 75.4 Å². The van der Waals surface area contributed by atoms with Crippen molar-refractivity contribution in [3.63, 3.8) is 0 Å². The number of nitrogens with zero attached hydrogens (tertiary/aromatic N) is 3. The number of amidine groups is 1. The number of benzene rings is 2. The fourth-order valence-electron chi connectivity index (χ4n) is 5.37. The Hall–Kier alpha value is -3.58. The molecule has 2 aromatic rings. The number of hydrogen-bond donors (Lipinski definition) is 1. The molecule has 0 bridgehead atoms. The van der Waals surface area contributed by atoms with Crippen molar-refractivity contribution in [1.82, 2.24) is 14.5 Å². The van der Waals surface area contributed by atoms with E-state index in [0.717, 1.165) is 49.0 Å². The molecule has 0 saturated carbocycles. The van der Waals surface area contributed by atoms with Gasteiger partial charge in [-0.1, -0.05) is 12.1 Å². The van der Waals surface area contributed by atoms with E-state index in [-0.39, 0.29) is 37.7 Å². The van der Waals surface area contributed by atoms with Gasteiger partial charge in [0.1, 0.15) is 17.2 Å². The number of alkyl halides is 3. The Morgan fingerprint density at radius 1 is 1.07 bits per heavy atom. The van der Waals surface area contributed by atoms with E-state index in [1.165, 1.54) is 10.4 Å². The number of likely N-dealkylation sites (tertiary alicyclic amines) is 1. The summed E-state index contributed by atoms with van der Waals surface area (Å²) in [7, 11) is -3.88. The lowest BCUT2D eigenvalue weighted by molar-refractivity contribution is -0.140. The molecule has 0 aromatic heterocycles. The monoisotopic (exact) mass is 592 g/mol. The zero-order valence-electron chi connectivity index (χ0n) is 22.2. The number of nitrogens with one attached hydrogen (secondary N) is 1. The molecule has 0 aliphatic carbocycles.